The first-order valence-electron chi connectivity index (χ1n) is 6.06. The second-order valence-electron chi connectivity index (χ2n) is 4.78. The standard InChI is InChI=1S/C12H18N2O3S2/c13-10-1-3-11(4-2-10)18-7-8-19(16,17)14-12(9-15)5-6-12/h1-4,14-15H,5-9,13H2. The molecule has 0 atom stereocenters. The highest BCUT2D eigenvalue weighted by atomic mass is 32.2. The van der Waals surface area contributed by atoms with Gasteiger partial charge in [-0.05, 0) is 37.1 Å². The van der Waals surface area contributed by atoms with E-state index in [2.05, 4.69) is 4.72 Å². The van der Waals surface area contributed by atoms with Crippen LogP contribution >= 0.6 is 11.8 Å². The Kier molecular flexibility index (Phi) is 4.39. The minimum absolute atomic E-state index is 0.0454. The van der Waals surface area contributed by atoms with Crippen LogP contribution in [0.25, 0.3) is 0 Å². The third kappa shape index (κ3) is 4.38. The third-order valence-electron chi connectivity index (χ3n) is 3.03. The molecule has 1 aromatic carbocycles. The lowest BCUT2D eigenvalue weighted by molar-refractivity contribution is 0.246. The molecule has 0 aliphatic heterocycles. The normalized spacial score (nSPS) is 17.3. The molecule has 19 heavy (non-hydrogen) atoms. The first-order chi connectivity index (χ1) is 8.95. The molecule has 1 aromatic rings. The molecule has 4 N–H and O–H groups in total. The summed E-state index contributed by atoms with van der Waals surface area (Å²) in [5, 5.41) is 9.11. The van der Waals surface area contributed by atoms with Crippen LogP contribution in [0.5, 0.6) is 0 Å². The second-order valence-corrected chi connectivity index (χ2v) is 7.79. The summed E-state index contributed by atoms with van der Waals surface area (Å²) in [4.78, 5) is 0.993. The van der Waals surface area contributed by atoms with Crippen LogP contribution < -0.4 is 10.5 Å². The Labute approximate surface area is 117 Å². The van der Waals surface area contributed by atoms with E-state index in [1.54, 1.807) is 12.1 Å². The molecule has 0 radical (unpaired) electrons. The number of hydrogen-bond donors (Lipinski definition) is 3. The molecule has 0 aromatic heterocycles. The van der Waals surface area contributed by atoms with Gasteiger partial charge in [-0.1, -0.05) is 0 Å². The monoisotopic (exact) mass is 302 g/mol. The maximum Gasteiger partial charge on any atom is 0.213 e. The average molecular weight is 302 g/mol. The number of nitrogen functional groups attached to an aromatic ring is 1. The molecule has 5 nitrogen and oxygen atoms in total. The Morgan fingerprint density at radius 2 is 1.95 bits per heavy atom. The number of sulfonamides is 1. The predicted molar refractivity (Wildman–Crippen MR) is 77.6 cm³/mol. The highest BCUT2D eigenvalue weighted by molar-refractivity contribution is 8.00. The highest BCUT2D eigenvalue weighted by Crippen LogP contribution is 2.35. The number of rotatable bonds is 7. The maximum absolute atomic E-state index is 11.8. The van der Waals surface area contributed by atoms with Crippen molar-refractivity contribution in [3.05, 3.63) is 24.3 Å². The summed E-state index contributed by atoms with van der Waals surface area (Å²) >= 11 is 1.47. The fourth-order valence-electron chi connectivity index (χ4n) is 1.66. The number of anilines is 1. The van der Waals surface area contributed by atoms with Crippen molar-refractivity contribution in [3.63, 3.8) is 0 Å². The van der Waals surface area contributed by atoms with E-state index < -0.39 is 15.6 Å². The smallest absolute Gasteiger partial charge is 0.213 e. The SMILES string of the molecule is Nc1ccc(SCCS(=O)(=O)NC2(CO)CC2)cc1. The van der Waals surface area contributed by atoms with E-state index in [0.29, 0.717) is 24.3 Å². The van der Waals surface area contributed by atoms with Gasteiger partial charge in [-0.15, -0.1) is 11.8 Å². The van der Waals surface area contributed by atoms with Gasteiger partial charge in [-0.2, -0.15) is 0 Å². The van der Waals surface area contributed by atoms with Crippen molar-refractivity contribution in [1.29, 1.82) is 0 Å². The quantitative estimate of drug-likeness (QED) is 0.512. The molecule has 0 amide bonds. The highest BCUT2D eigenvalue weighted by Gasteiger charge is 2.45. The van der Waals surface area contributed by atoms with Crippen molar-refractivity contribution in [2.75, 3.05) is 23.8 Å². The molecule has 0 spiro atoms. The van der Waals surface area contributed by atoms with Crippen LogP contribution in [0, 0.1) is 0 Å². The number of nitrogens with two attached hydrogens (primary N) is 1. The lowest BCUT2D eigenvalue weighted by Gasteiger charge is -2.14. The lowest BCUT2D eigenvalue weighted by Crippen LogP contribution is -2.41. The lowest BCUT2D eigenvalue weighted by atomic mass is 10.3. The van der Waals surface area contributed by atoms with Gasteiger partial charge < -0.3 is 10.8 Å². The molecule has 1 fully saturated rings. The van der Waals surface area contributed by atoms with E-state index >= 15 is 0 Å². The van der Waals surface area contributed by atoms with E-state index in [9.17, 15) is 8.42 Å². The number of hydrogen-bond acceptors (Lipinski definition) is 5. The molecule has 7 heteroatoms. The van der Waals surface area contributed by atoms with Crippen LogP contribution in [0.2, 0.25) is 0 Å². The topological polar surface area (TPSA) is 92.4 Å². The molecule has 0 bridgehead atoms. The summed E-state index contributed by atoms with van der Waals surface area (Å²) in [6.45, 7) is -0.128. The zero-order chi connectivity index (χ0) is 13.9. The minimum atomic E-state index is -3.32. The van der Waals surface area contributed by atoms with Gasteiger partial charge in [-0.3, -0.25) is 0 Å². The van der Waals surface area contributed by atoms with Crippen LogP contribution in [-0.4, -0.2) is 37.2 Å². The van der Waals surface area contributed by atoms with Crippen LogP contribution in [0.4, 0.5) is 5.69 Å². The zero-order valence-corrected chi connectivity index (χ0v) is 12.1. The number of aliphatic hydroxyl groups excluding tert-OH is 1. The molecule has 106 valence electrons. The van der Waals surface area contributed by atoms with Crippen LogP contribution in [0.1, 0.15) is 12.8 Å². The van der Waals surface area contributed by atoms with Gasteiger partial charge in [0.25, 0.3) is 0 Å². The molecular formula is C12H18N2O3S2. The fourth-order valence-corrected chi connectivity index (χ4v) is 4.46. The summed E-state index contributed by atoms with van der Waals surface area (Å²) in [5.74, 6) is 0.518. The molecule has 0 heterocycles. The molecule has 1 saturated carbocycles. The molecule has 2 rings (SSSR count). The first-order valence-corrected chi connectivity index (χ1v) is 8.69. The van der Waals surface area contributed by atoms with Gasteiger partial charge in [-0.25, -0.2) is 13.1 Å². The molecule has 0 saturated heterocycles. The van der Waals surface area contributed by atoms with Crippen LogP contribution in [0.3, 0.4) is 0 Å². The Balaban J connectivity index is 1.80. The Bertz CT molecular complexity index is 524. The van der Waals surface area contributed by atoms with E-state index in [4.69, 9.17) is 10.8 Å². The average Bonchev–Trinajstić information content (AvgIpc) is 3.11. The first kappa shape index (κ1) is 14.6. The Morgan fingerprint density at radius 3 is 2.47 bits per heavy atom. The van der Waals surface area contributed by atoms with E-state index in [1.807, 2.05) is 12.1 Å². The van der Waals surface area contributed by atoms with E-state index in [-0.39, 0.29) is 12.4 Å². The second kappa shape index (κ2) is 5.70. The van der Waals surface area contributed by atoms with E-state index in [0.717, 1.165) is 4.90 Å². The van der Waals surface area contributed by atoms with E-state index in [1.165, 1.54) is 11.8 Å². The van der Waals surface area contributed by atoms with Gasteiger partial charge in [0.2, 0.25) is 10.0 Å². The van der Waals surface area contributed by atoms with Crippen molar-refractivity contribution >= 4 is 27.5 Å². The summed E-state index contributed by atoms with van der Waals surface area (Å²) in [5.41, 5.74) is 5.69. The summed E-state index contributed by atoms with van der Waals surface area (Å²) in [6, 6.07) is 7.33. The van der Waals surface area contributed by atoms with Crippen LogP contribution in [-0.2, 0) is 10.0 Å². The van der Waals surface area contributed by atoms with Crippen molar-refractivity contribution in [1.82, 2.24) is 4.72 Å². The van der Waals surface area contributed by atoms with Crippen molar-refractivity contribution in [3.8, 4) is 0 Å². The molecule has 1 aliphatic rings. The van der Waals surface area contributed by atoms with Gasteiger partial charge in [0, 0.05) is 16.3 Å². The van der Waals surface area contributed by atoms with Crippen molar-refractivity contribution in [2.24, 2.45) is 0 Å². The largest absolute Gasteiger partial charge is 0.399 e. The molecule has 1 aliphatic carbocycles. The van der Waals surface area contributed by atoms with Gasteiger partial charge in [0.05, 0.1) is 17.9 Å². The van der Waals surface area contributed by atoms with Gasteiger partial charge >= 0.3 is 0 Å². The number of thioether (sulfide) groups is 1. The number of nitrogens with one attached hydrogen (secondary N) is 1. The fraction of sp³-hybridized carbons (Fsp3) is 0.500. The predicted octanol–water partition coefficient (Wildman–Crippen LogP) is 0.805. The number of benzene rings is 1. The summed E-state index contributed by atoms with van der Waals surface area (Å²) < 4.78 is 26.2. The summed E-state index contributed by atoms with van der Waals surface area (Å²) in [6.07, 6.45) is 1.43. The zero-order valence-electron chi connectivity index (χ0n) is 10.5. The van der Waals surface area contributed by atoms with Gasteiger partial charge in [0.15, 0.2) is 0 Å². The maximum atomic E-state index is 11.8. The number of aliphatic hydroxyl groups is 1. The van der Waals surface area contributed by atoms with Crippen molar-refractivity contribution in [2.45, 2.75) is 23.3 Å². The molecular weight excluding hydrogens is 284 g/mol. The van der Waals surface area contributed by atoms with Crippen LogP contribution in [0.15, 0.2) is 29.2 Å². The molecule has 0 unspecified atom stereocenters. The Morgan fingerprint density at radius 1 is 1.32 bits per heavy atom. The minimum Gasteiger partial charge on any atom is -0.399 e. The Hall–Kier alpha value is -0.760. The van der Waals surface area contributed by atoms with Crippen molar-refractivity contribution < 1.29 is 13.5 Å². The third-order valence-corrected chi connectivity index (χ3v) is 5.79. The van der Waals surface area contributed by atoms with Gasteiger partial charge in [0.1, 0.15) is 0 Å². The summed E-state index contributed by atoms with van der Waals surface area (Å²) in [7, 11) is -3.32.